The summed E-state index contributed by atoms with van der Waals surface area (Å²) in [6, 6.07) is 0.214. The summed E-state index contributed by atoms with van der Waals surface area (Å²) in [7, 11) is 1.56. The standard InChI is InChI=1S/C9H21NO3/c1-7(4-8(2)11)10-5-9(12)6-13-3/h7-12H,4-6H2,1-3H3. The average Bonchev–Trinajstić information content (AvgIpc) is 2.00. The molecule has 0 bridgehead atoms. The molecule has 0 aliphatic carbocycles. The van der Waals surface area contributed by atoms with E-state index in [0.29, 0.717) is 19.6 Å². The minimum Gasteiger partial charge on any atom is -0.393 e. The molecule has 3 unspecified atom stereocenters. The van der Waals surface area contributed by atoms with Gasteiger partial charge in [0.15, 0.2) is 0 Å². The van der Waals surface area contributed by atoms with Crippen molar-refractivity contribution in [2.75, 3.05) is 20.3 Å². The summed E-state index contributed by atoms with van der Waals surface area (Å²) in [5, 5.41) is 21.5. The number of nitrogens with one attached hydrogen (secondary N) is 1. The van der Waals surface area contributed by atoms with Gasteiger partial charge in [0, 0.05) is 19.7 Å². The summed E-state index contributed by atoms with van der Waals surface area (Å²) in [6.07, 6.45) is -0.0804. The van der Waals surface area contributed by atoms with Crippen LogP contribution in [-0.2, 0) is 4.74 Å². The van der Waals surface area contributed by atoms with E-state index in [2.05, 4.69) is 5.32 Å². The monoisotopic (exact) mass is 191 g/mol. The van der Waals surface area contributed by atoms with Crippen LogP contribution in [0, 0.1) is 0 Å². The molecule has 3 N–H and O–H groups in total. The van der Waals surface area contributed by atoms with Crippen LogP contribution in [0.5, 0.6) is 0 Å². The third kappa shape index (κ3) is 8.18. The van der Waals surface area contributed by atoms with Gasteiger partial charge < -0.3 is 20.3 Å². The van der Waals surface area contributed by atoms with Crippen molar-refractivity contribution >= 4 is 0 Å². The van der Waals surface area contributed by atoms with Crippen LogP contribution in [0.1, 0.15) is 20.3 Å². The second kappa shape index (κ2) is 7.26. The van der Waals surface area contributed by atoms with E-state index in [1.807, 2.05) is 6.92 Å². The number of hydrogen-bond donors (Lipinski definition) is 3. The van der Waals surface area contributed by atoms with Gasteiger partial charge in [-0.15, -0.1) is 0 Å². The Labute approximate surface area is 79.9 Å². The highest BCUT2D eigenvalue weighted by Gasteiger charge is 2.08. The minimum absolute atomic E-state index is 0.214. The predicted octanol–water partition coefficient (Wildman–Crippen LogP) is -0.257. The lowest BCUT2D eigenvalue weighted by molar-refractivity contribution is 0.0614. The van der Waals surface area contributed by atoms with Gasteiger partial charge in [-0.25, -0.2) is 0 Å². The van der Waals surface area contributed by atoms with Crippen molar-refractivity contribution in [1.29, 1.82) is 0 Å². The lowest BCUT2D eigenvalue weighted by Crippen LogP contribution is -2.37. The average molecular weight is 191 g/mol. The molecular formula is C9H21NO3. The minimum atomic E-state index is -0.471. The summed E-state index contributed by atoms with van der Waals surface area (Å²) in [5.74, 6) is 0. The zero-order chi connectivity index (χ0) is 10.3. The Balaban J connectivity index is 3.40. The molecule has 0 aromatic carbocycles. The van der Waals surface area contributed by atoms with E-state index in [0.717, 1.165) is 0 Å². The van der Waals surface area contributed by atoms with Gasteiger partial charge in [-0.2, -0.15) is 0 Å². The molecule has 80 valence electrons. The molecule has 0 aromatic rings. The first-order valence-corrected chi connectivity index (χ1v) is 4.64. The van der Waals surface area contributed by atoms with Crippen LogP contribution in [0.4, 0.5) is 0 Å². The van der Waals surface area contributed by atoms with Crippen LogP contribution in [0.15, 0.2) is 0 Å². The molecule has 0 saturated carbocycles. The molecule has 0 fully saturated rings. The molecule has 0 aliphatic rings. The summed E-state index contributed by atoms with van der Waals surface area (Å²) in [6.45, 7) is 4.58. The van der Waals surface area contributed by atoms with Crippen LogP contribution in [-0.4, -0.2) is 48.7 Å². The molecular weight excluding hydrogens is 170 g/mol. The van der Waals surface area contributed by atoms with E-state index >= 15 is 0 Å². The maximum atomic E-state index is 9.28. The van der Waals surface area contributed by atoms with Crippen LogP contribution in [0.3, 0.4) is 0 Å². The van der Waals surface area contributed by atoms with Crippen LogP contribution in [0.25, 0.3) is 0 Å². The van der Waals surface area contributed by atoms with Crippen molar-refractivity contribution in [3.05, 3.63) is 0 Å². The fourth-order valence-electron chi connectivity index (χ4n) is 1.18. The quantitative estimate of drug-likeness (QED) is 0.519. The smallest absolute Gasteiger partial charge is 0.0897 e. The summed E-state index contributed by atoms with van der Waals surface area (Å²) < 4.78 is 4.78. The van der Waals surface area contributed by atoms with Gasteiger partial charge in [0.2, 0.25) is 0 Å². The SMILES string of the molecule is COCC(O)CNC(C)CC(C)O. The first-order chi connectivity index (χ1) is 6.06. The lowest BCUT2D eigenvalue weighted by atomic mass is 10.1. The number of aliphatic hydroxyl groups excluding tert-OH is 2. The molecule has 0 aliphatic heterocycles. The molecule has 0 saturated heterocycles. The highest BCUT2D eigenvalue weighted by molar-refractivity contribution is 4.66. The molecule has 3 atom stereocenters. The Bertz CT molecular complexity index is 119. The van der Waals surface area contributed by atoms with Crippen molar-refractivity contribution in [2.45, 2.75) is 38.5 Å². The molecule has 0 spiro atoms. The van der Waals surface area contributed by atoms with Crippen molar-refractivity contribution in [1.82, 2.24) is 5.32 Å². The van der Waals surface area contributed by atoms with Crippen molar-refractivity contribution < 1.29 is 14.9 Å². The van der Waals surface area contributed by atoms with Crippen molar-refractivity contribution in [3.63, 3.8) is 0 Å². The van der Waals surface area contributed by atoms with E-state index in [1.54, 1.807) is 14.0 Å². The van der Waals surface area contributed by atoms with Crippen LogP contribution < -0.4 is 5.32 Å². The zero-order valence-electron chi connectivity index (χ0n) is 8.66. The van der Waals surface area contributed by atoms with E-state index in [9.17, 15) is 5.11 Å². The zero-order valence-corrected chi connectivity index (χ0v) is 8.66. The molecule has 0 amide bonds. The number of methoxy groups -OCH3 is 1. The highest BCUT2D eigenvalue weighted by atomic mass is 16.5. The van der Waals surface area contributed by atoms with Gasteiger partial charge in [0.05, 0.1) is 18.8 Å². The van der Waals surface area contributed by atoms with Crippen molar-refractivity contribution in [3.8, 4) is 0 Å². The van der Waals surface area contributed by atoms with Gasteiger partial charge in [-0.05, 0) is 20.3 Å². The molecule has 0 heterocycles. The predicted molar refractivity (Wildman–Crippen MR) is 51.6 cm³/mol. The topological polar surface area (TPSA) is 61.7 Å². The first kappa shape index (κ1) is 12.8. The van der Waals surface area contributed by atoms with Gasteiger partial charge in [0.25, 0.3) is 0 Å². The molecule has 0 radical (unpaired) electrons. The number of ether oxygens (including phenoxy) is 1. The summed E-state index contributed by atoms with van der Waals surface area (Å²) in [4.78, 5) is 0. The fourth-order valence-corrected chi connectivity index (χ4v) is 1.18. The highest BCUT2D eigenvalue weighted by Crippen LogP contribution is 1.96. The summed E-state index contributed by atoms with van der Waals surface area (Å²) >= 11 is 0. The largest absolute Gasteiger partial charge is 0.393 e. The van der Waals surface area contributed by atoms with Crippen LogP contribution >= 0.6 is 0 Å². The first-order valence-electron chi connectivity index (χ1n) is 4.64. The Morgan fingerprint density at radius 2 is 1.92 bits per heavy atom. The number of rotatable bonds is 7. The van der Waals surface area contributed by atoms with E-state index in [-0.39, 0.29) is 12.1 Å². The Morgan fingerprint density at radius 1 is 1.31 bits per heavy atom. The van der Waals surface area contributed by atoms with Gasteiger partial charge in [0.1, 0.15) is 0 Å². The van der Waals surface area contributed by atoms with Gasteiger partial charge in [-0.1, -0.05) is 0 Å². The molecule has 0 rings (SSSR count). The van der Waals surface area contributed by atoms with E-state index in [4.69, 9.17) is 9.84 Å². The molecule has 13 heavy (non-hydrogen) atoms. The normalized spacial score (nSPS) is 18.2. The van der Waals surface area contributed by atoms with Gasteiger partial charge >= 0.3 is 0 Å². The Hall–Kier alpha value is -0.160. The second-order valence-electron chi connectivity index (χ2n) is 3.50. The summed E-state index contributed by atoms with van der Waals surface area (Å²) in [5.41, 5.74) is 0. The Morgan fingerprint density at radius 3 is 2.38 bits per heavy atom. The Kier molecular flexibility index (Phi) is 7.17. The maximum absolute atomic E-state index is 9.28. The molecule has 0 aromatic heterocycles. The molecule has 4 heteroatoms. The second-order valence-corrected chi connectivity index (χ2v) is 3.50. The van der Waals surface area contributed by atoms with Gasteiger partial charge in [-0.3, -0.25) is 0 Å². The van der Waals surface area contributed by atoms with Crippen molar-refractivity contribution in [2.24, 2.45) is 0 Å². The number of aliphatic hydroxyl groups is 2. The van der Waals surface area contributed by atoms with E-state index in [1.165, 1.54) is 0 Å². The van der Waals surface area contributed by atoms with Crippen LogP contribution in [0.2, 0.25) is 0 Å². The molecule has 4 nitrogen and oxygen atoms in total. The number of hydrogen-bond acceptors (Lipinski definition) is 4. The third-order valence-electron chi connectivity index (χ3n) is 1.76. The third-order valence-corrected chi connectivity index (χ3v) is 1.76. The fraction of sp³-hybridized carbons (Fsp3) is 1.00. The lowest BCUT2D eigenvalue weighted by Gasteiger charge is -2.17. The maximum Gasteiger partial charge on any atom is 0.0897 e. The van der Waals surface area contributed by atoms with E-state index < -0.39 is 6.10 Å².